The maximum Gasteiger partial charge on any atom is 0.236 e. The number of β-lactam (4-membered cyclic amide) rings is 1. The van der Waals surface area contributed by atoms with Gasteiger partial charge < -0.3 is 0 Å². The Kier molecular flexibility index (Phi) is 4.57. The van der Waals surface area contributed by atoms with Crippen LogP contribution in [0.15, 0.2) is 30.3 Å². The molecule has 1 aliphatic heterocycles. The number of imide groups is 1. The monoisotopic (exact) mass is 331 g/mol. The molecule has 4 nitrogen and oxygen atoms in total. The number of carbonyl (C=O) groups is 3. The summed E-state index contributed by atoms with van der Waals surface area (Å²) in [7, 11) is 0. The Morgan fingerprint density at radius 3 is 2.52 bits per heavy atom. The van der Waals surface area contributed by atoms with Gasteiger partial charge in [-0.25, -0.2) is 0 Å². The number of Topliss-reactive ketones (excluding diaryl/α,β-unsaturated/α-hetero) is 1. The first-order valence-corrected chi connectivity index (χ1v) is 9.34. The number of carbonyl (C=O) groups excluding carboxylic acids is 3. The number of hydrogen-bond acceptors (Lipinski definition) is 4. The van der Waals surface area contributed by atoms with E-state index in [1.54, 1.807) is 11.8 Å². The van der Waals surface area contributed by atoms with Crippen LogP contribution < -0.4 is 0 Å². The van der Waals surface area contributed by atoms with Gasteiger partial charge in [-0.05, 0) is 31.9 Å². The maximum absolute atomic E-state index is 12.6. The highest BCUT2D eigenvalue weighted by molar-refractivity contribution is 7.99. The average Bonchev–Trinajstić information content (AvgIpc) is 3.34. The third kappa shape index (κ3) is 3.20. The third-order valence-corrected chi connectivity index (χ3v) is 5.78. The van der Waals surface area contributed by atoms with E-state index in [0.717, 1.165) is 18.4 Å². The van der Waals surface area contributed by atoms with E-state index in [1.807, 2.05) is 36.6 Å². The largest absolute Gasteiger partial charge is 0.294 e. The Morgan fingerprint density at radius 2 is 1.96 bits per heavy atom. The molecule has 1 saturated heterocycles. The Balaban J connectivity index is 1.53. The molecule has 5 heteroatoms. The van der Waals surface area contributed by atoms with Crippen LogP contribution in [-0.4, -0.2) is 34.1 Å². The Labute approximate surface area is 140 Å². The van der Waals surface area contributed by atoms with Gasteiger partial charge in [-0.15, -0.1) is 11.8 Å². The molecule has 2 amide bonds. The van der Waals surface area contributed by atoms with Gasteiger partial charge in [0.25, 0.3) is 0 Å². The molecule has 0 N–H and O–H groups in total. The molecule has 3 rings (SSSR count). The molecule has 23 heavy (non-hydrogen) atoms. The van der Waals surface area contributed by atoms with E-state index in [9.17, 15) is 14.4 Å². The number of rotatable bonds is 7. The zero-order valence-electron chi connectivity index (χ0n) is 13.3. The van der Waals surface area contributed by atoms with E-state index in [2.05, 4.69) is 0 Å². The molecule has 1 aliphatic carbocycles. The lowest BCUT2D eigenvalue weighted by Crippen LogP contribution is -2.56. The van der Waals surface area contributed by atoms with Gasteiger partial charge in [0.05, 0.1) is 11.8 Å². The highest BCUT2D eigenvalue weighted by Gasteiger charge is 2.55. The highest BCUT2D eigenvalue weighted by Crippen LogP contribution is 2.53. The van der Waals surface area contributed by atoms with Crippen molar-refractivity contribution in [2.24, 2.45) is 5.41 Å². The number of ketones is 1. The molecule has 1 aromatic carbocycles. The lowest BCUT2D eigenvalue weighted by molar-refractivity contribution is -0.157. The van der Waals surface area contributed by atoms with Gasteiger partial charge in [0.15, 0.2) is 5.78 Å². The van der Waals surface area contributed by atoms with Crippen molar-refractivity contribution in [3.8, 4) is 0 Å². The van der Waals surface area contributed by atoms with E-state index >= 15 is 0 Å². The predicted octanol–water partition coefficient (Wildman–Crippen LogP) is 3.27. The summed E-state index contributed by atoms with van der Waals surface area (Å²) < 4.78 is 0. The topological polar surface area (TPSA) is 54.5 Å². The number of thioether (sulfide) groups is 1. The van der Waals surface area contributed by atoms with Crippen LogP contribution in [0.4, 0.5) is 0 Å². The van der Waals surface area contributed by atoms with E-state index in [-0.39, 0.29) is 28.4 Å². The number of amides is 2. The second kappa shape index (κ2) is 6.48. The molecule has 0 spiro atoms. The summed E-state index contributed by atoms with van der Waals surface area (Å²) in [6.07, 6.45) is 5.94. The standard InChI is InChI=1S/C18H21NO3S/c1-23-16-12-15(21)19(16)17(22)18(10-11-18)9-5-8-14(20)13-6-3-2-4-7-13/h2-4,6-7,16H,5,8-12H2,1H3. The minimum Gasteiger partial charge on any atom is -0.294 e. The molecule has 2 fully saturated rings. The summed E-state index contributed by atoms with van der Waals surface area (Å²) in [5.41, 5.74) is 0.352. The zero-order chi connectivity index (χ0) is 16.4. The quantitative estimate of drug-likeness (QED) is 0.437. The third-order valence-electron chi connectivity index (χ3n) is 4.86. The fourth-order valence-electron chi connectivity index (χ4n) is 3.15. The molecule has 0 bridgehead atoms. The van der Waals surface area contributed by atoms with Gasteiger partial charge in [-0.3, -0.25) is 19.3 Å². The molecule has 0 aromatic heterocycles. The van der Waals surface area contributed by atoms with Crippen molar-refractivity contribution in [3.63, 3.8) is 0 Å². The summed E-state index contributed by atoms with van der Waals surface area (Å²) in [6.45, 7) is 0. The number of nitrogens with zero attached hydrogens (tertiary/aromatic N) is 1. The van der Waals surface area contributed by atoms with Crippen LogP contribution in [0, 0.1) is 5.41 Å². The lowest BCUT2D eigenvalue weighted by Gasteiger charge is -2.39. The first-order valence-electron chi connectivity index (χ1n) is 8.05. The summed E-state index contributed by atoms with van der Waals surface area (Å²) >= 11 is 1.55. The molecule has 1 atom stereocenters. The van der Waals surface area contributed by atoms with Crippen LogP contribution >= 0.6 is 11.8 Å². The smallest absolute Gasteiger partial charge is 0.236 e. The highest BCUT2D eigenvalue weighted by atomic mass is 32.2. The van der Waals surface area contributed by atoms with Crippen LogP contribution in [0.1, 0.15) is 48.9 Å². The lowest BCUT2D eigenvalue weighted by atomic mass is 9.94. The number of benzene rings is 1. The van der Waals surface area contributed by atoms with Gasteiger partial charge in [-0.1, -0.05) is 30.3 Å². The Bertz CT molecular complexity index is 624. The van der Waals surface area contributed by atoms with Crippen molar-refractivity contribution >= 4 is 29.4 Å². The molecule has 1 saturated carbocycles. The fourth-order valence-corrected chi connectivity index (χ4v) is 3.89. The van der Waals surface area contributed by atoms with Crippen LogP contribution in [0.2, 0.25) is 0 Å². The van der Waals surface area contributed by atoms with Crippen molar-refractivity contribution in [1.29, 1.82) is 0 Å². The van der Waals surface area contributed by atoms with Gasteiger partial charge in [-0.2, -0.15) is 0 Å². The minimum absolute atomic E-state index is 0.0124. The van der Waals surface area contributed by atoms with Gasteiger partial charge in [0.2, 0.25) is 11.8 Å². The summed E-state index contributed by atoms with van der Waals surface area (Å²) in [5.74, 6) is 0.0529. The first kappa shape index (κ1) is 16.2. The average molecular weight is 331 g/mol. The van der Waals surface area contributed by atoms with E-state index in [0.29, 0.717) is 25.7 Å². The van der Waals surface area contributed by atoms with Crippen LogP contribution in [0.3, 0.4) is 0 Å². The Morgan fingerprint density at radius 1 is 1.26 bits per heavy atom. The van der Waals surface area contributed by atoms with E-state index in [1.165, 1.54) is 4.90 Å². The molecule has 0 radical (unpaired) electrons. The second-order valence-corrected chi connectivity index (χ2v) is 7.40. The molecule has 122 valence electrons. The summed E-state index contributed by atoms with van der Waals surface area (Å²) in [6, 6.07) is 9.25. The molecule has 1 unspecified atom stereocenters. The minimum atomic E-state index is -0.374. The SMILES string of the molecule is CSC1CC(=O)N1C(=O)C1(CCCC(=O)c2ccccc2)CC1. The molecular weight excluding hydrogens is 310 g/mol. The van der Waals surface area contributed by atoms with Crippen molar-refractivity contribution in [2.75, 3.05) is 6.26 Å². The first-order chi connectivity index (χ1) is 11.1. The second-order valence-electron chi connectivity index (χ2n) is 6.39. The van der Waals surface area contributed by atoms with E-state index in [4.69, 9.17) is 0 Å². The normalized spacial score (nSPS) is 21.7. The van der Waals surface area contributed by atoms with Gasteiger partial charge in [0.1, 0.15) is 0 Å². The van der Waals surface area contributed by atoms with Crippen molar-refractivity contribution in [2.45, 2.75) is 43.9 Å². The van der Waals surface area contributed by atoms with Crippen LogP contribution in [0.25, 0.3) is 0 Å². The number of hydrogen-bond donors (Lipinski definition) is 0. The fraction of sp³-hybridized carbons (Fsp3) is 0.500. The molecule has 1 heterocycles. The zero-order valence-corrected chi connectivity index (χ0v) is 14.1. The maximum atomic E-state index is 12.6. The van der Waals surface area contributed by atoms with Crippen LogP contribution in [0.5, 0.6) is 0 Å². The molecule has 2 aliphatic rings. The molecular formula is C18H21NO3S. The summed E-state index contributed by atoms with van der Waals surface area (Å²) in [4.78, 5) is 37.9. The number of likely N-dealkylation sites (tertiary alicyclic amines) is 1. The van der Waals surface area contributed by atoms with Gasteiger partial charge in [0, 0.05) is 17.4 Å². The van der Waals surface area contributed by atoms with Crippen molar-refractivity contribution < 1.29 is 14.4 Å². The molecule has 1 aromatic rings. The summed E-state index contributed by atoms with van der Waals surface area (Å²) in [5, 5.41) is 0.0124. The van der Waals surface area contributed by atoms with Crippen LogP contribution in [-0.2, 0) is 9.59 Å². The van der Waals surface area contributed by atoms with E-state index < -0.39 is 0 Å². The van der Waals surface area contributed by atoms with Crippen molar-refractivity contribution in [3.05, 3.63) is 35.9 Å². The van der Waals surface area contributed by atoms with Crippen molar-refractivity contribution in [1.82, 2.24) is 4.90 Å². The Hall–Kier alpha value is -1.62. The predicted molar refractivity (Wildman–Crippen MR) is 90.1 cm³/mol. The van der Waals surface area contributed by atoms with Gasteiger partial charge >= 0.3 is 0 Å².